The van der Waals surface area contributed by atoms with Gasteiger partial charge < -0.3 is 0 Å². The maximum absolute atomic E-state index is 12.6. The Morgan fingerprint density at radius 2 is 2.14 bits per heavy atom. The number of fused-ring (bicyclic) bond motifs is 1. The summed E-state index contributed by atoms with van der Waals surface area (Å²) in [4.78, 5) is 29.3. The lowest BCUT2D eigenvalue weighted by atomic mass is 9.99. The van der Waals surface area contributed by atoms with Crippen molar-refractivity contribution in [3.05, 3.63) is 47.3 Å². The van der Waals surface area contributed by atoms with E-state index in [1.165, 1.54) is 11.8 Å². The molecule has 0 aliphatic heterocycles. The van der Waals surface area contributed by atoms with E-state index in [0.29, 0.717) is 29.0 Å². The van der Waals surface area contributed by atoms with Crippen molar-refractivity contribution in [3.8, 4) is 0 Å². The molecule has 0 bridgehead atoms. The molecular formula is C17H18N2O2S. The van der Waals surface area contributed by atoms with Gasteiger partial charge in [0, 0.05) is 13.0 Å². The number of Topliss-reactive ketones (excluding diaryl/α,β-unsaturated/α-hetero) is 1. The van der Waals surface area contributed by atoms with Crippen LogP contribution in [0.15, 0.2) is 46.9 Å². The summed E-state index contributed by atoms with van der Waals surface area (Å²) in [6, 6.07) is 7.32. The van der Waals surface area contributed by atoms with E-state index in [-0.39, 0.29) is 16.6 Å². The quantitative estimate of drug-likeness (QED) is 0.642. The highest BCUT2D eigenvalue weighted by molar-refractivity contribution is 8.00. The van der Waals surface area contributed by atoms with E-state index in [2.05, 4.69) is 11.6 Å². The lowest BCUT2D eigenvalue weighted by Gasteiger charge is -2.21. The number of carbonyl (C=O) groups excluding carboxylic acids is 1. The summed E-state index contributed by atoms with van der Waals surface area (Å²) in [5.74, 6) is 0.267. The van der Waals surface area contributed by atoms with Crippen LogP contribution in [-0.2, 0) is 11.3 Å². The van der Waals surface area contributed by atoms with E-state index in [1.54, 1.807) is 16.7 Å². The Hall–Kier alpha value is -1.88. The lowest BCUT2D eigenvalue weighted by molar-refractivity contribution is -0.119. The van der Waals surface area contributed by atoms with Crippen molar-refractivity contribution < 1.29 is 4.79 Å². The first kappa shape index (κ1) is 15.0. The molecular weight excluding hydrogens is 296 g/mol. The molecule has 114 valence electrons. The molecule has 1 saturated carbocycles. The van der Waals surface area contributed by atoms with Crippen molar-refractivity contribution >= 4 is 28.4 Å². The van der Waals surface area contributed by atoms with Crippen molar-refractivity contribution in [3.63, 3.8) is 0 Å². The summed E-state index contributed by atoms with van der Waals surface area (Å²) >= 11 is 1.42. The minimum absolute atomic E-state index is 0.0729. The number of carbonyl (C=O) groups is 1. The molecule has 0 saturated heterocycles. The monoisotopic (exact) mass is 314 g/mol. The molecule has 1 heterocycles. The Morgan fingerprint density at radius 3 is 2.91 bits per heavy atom. The Bertz CT molecular complexity index is 782. The van der Waals surface area contributed by atoms with Gasteiger partial charge in [0.25, 0.3) is 5.56 Å². The molecule has 4 nitrogen and oxygen atoms in total. The Balaban J connectivity index is 2.06. The smallest absolute Gasteiger partial charge is 0.262 e. The molecule has 1 fully saturated rings. The van der Waals surface area contributed by atoms with Crippen LogP contribution in [0.1, 0.15) is 25.7 Å². The number of thioether (sulfide) groups is 1. The number of benzene rings is 1. The molecule has 2 aromatic rings. The SMILES string of the molecule is C=CCn1c(S[C@@H]2CCCCC2=O)nc2ccccc2c1=O. The van der Waals surface area contributed by atoms with Gasteiger partial charge in [0.15, 0.2) is 5.16 Å². The fourth-order valence-electron chi connectivity index (χ4n) is 2.73. The molecule has 0 spiro atoms. The lowest BCUT2D eigenvalue weighted by Crippen LogP contribution is -2.26. The third kappa shape index (κ3) is 2.86. The van der Waals surface area contributed by atoms with Crippen LogP contribution >= 0.6 is 11.8 Å². The van der Waals surface area contributed by atoms with Crippen LogP contribution in [0, 0.1) is 0 Å². The predicted molar refractivity (Wildman–Crippen MR) is 89.3 cm³/mol. The van der Waals surface area contributed by atoms with Gasteiger partial charge in [0.2, 0.25) is 0 Å². The van der Waals surface area contributed by atoms with Crippen LogP contribution in [0.25, 0.3) is 10.9 Å². The van der Waals surface area contributed by atoms with Crippen molar-refractivity contribution in [1.82, 2.24) is 9.55 Å². The largest absolute Gasteiger partial charge is 0.298 e. The number of aromatic nitrogens is 2. The summed E-state index contributed by atoms with van der Waals surface area (Å²) in [6.07, 6.45) is 5.21. The van der Waals surface area contributed by atoms with Gasteiger partial charge in [-0.1, -0.05) is 36.4 Å². The highest BCUT2D eigenvalue weighted by Crippen LogP contribution is 2.30. The number of allylic oxidation sites excluding steroid dienone is 1. The van der Waals surface area contributed by atoms with Crippen LogP contribution in [0.2, 0.25) is 0 Å². The summed E-state index contributed by atoms with van der Waals surface area (Å²) in [5.41, 5.74) is 0.606. The molecule has 0 radical (unpaired) electrons. The van der Waals surface area contributed by atoms with Gasteiger partial charge in [0.05, 0.1) is 16.2 Å². The van der Waals surface area contributed by atoms with Gasteiger partial charge in [-0.2, -0.15) is 0 Å². The van der Waals surface area contributed by atoms with Gasteiger partial charge in [-0.15, -0.1) is 6.58 Å². The third-order valence-electron chi connectivity index (χ3n) is 3.88. The van der Waals surface area contributed by atoms with E-state index >= 15 is 0 Å². The normalized spacial score (nSPS) is 18.5. The fraction of sp³-hybridized carbons (Fsp3) is 0.353. The zero-order valence-electron chi connectivity index (χ0n) is 12.3. The Morgan fingerprint density at radius 1 is 1.32 bits per heavy atom. The Labute approximate surface area is 133 Å². The zero-order chi connectivity index (χ0) is 15.5. The van der Waals surface area contributed by atoms with Gasteiger partial charge in [-0.05, 0) is 25.0 Å². The number of para-hydroxylation sites is 1. The molecule has 1 atom stereocenters. The van der Waals surface area contributed by atoms with Crippen molar-refractivity contribution in [2.24, 2.45) is 0 Å². The van der Waals surface area contributed by atoms with Crippen LogP contribution in [0.3, 0.4) is 0 Å². The maximum atomic E-state index is 12.6. The number of hydrogen-bond acceptors (Lipinski definition) is 4. The minimum atomic E-state index is -0.0853. The second-order valence-electron chi connectivity index (χ2n) is 5.43. The van der Waals surface area contributed by atoms with E-state index in [4.69, 9.17) is 0 Å². The van der Waals surface area contributed by atoms with Crippen molar-refractivity contribution in [2.75, 3.05) is 0 Å². The standard InChI is InChI=1S/C17H18N2O2S/c1-2-11-19-16(21)12-7-3-4-8-13(12)18-17(19)22-15-10-6-5-9-14(15)20/h2-4,7-8,15H,1,5-6,9-11H2/t15-/m1/s1. The van der Waals surface area contributed by atoms with Gasteiger partial charge in [0.1, 0.15) is 5.78 Å². The van der Waals surface area contributed by atoms with Crippen molar-refractivity contribution in [1.29, 1.82) is 0 Å². The van der Waals surface area contributed by atoms with Crippen LogP contribution < -0.4 is 5.56 Å². The highest BCUT2D eigenvalue weighted by Gasteiger charge is 2.25. The molecule has 1 aromatic carbocycles. The fourth-order valence-corrected chi connectivity index (χ4v) is 3.95. The van der Waals surface area contributed by atoms with E-state index in [1.807, 2.05) is 18.2 Å². The third-order valence-corrected chi connectivity index (χ3v) is 5.19. The first-order valence-corrected chi connectivity index (χ1v) is 8.38. The summed E-state index contributed by atoms with van der Waals surface area (Å²) in [7, 11) is 0. The molecule has 22 heavy (non-hydrogen) atoms. The minimum Gasteiger partial charge on any atom is -0.298 e. The maximum Gasteiger partial charge on any atom is 0.262 e. The van der Waals surface area contributed by atoms with Gasteiger partial charge in [-0.25, -0.2) is 4.98 Å². The summed E-state index contributed by atoms with van der Waals surface area (Å²) in [5, 5.41) is 1.13. The number of ketones is 1. The van der Waals surface area contributed by atoms with E-state index in [0.717, 1.165) is 19.3 Å². The second kappa shape index (κ2) is 6.48. The first-order chi connectivity index (χ1) is 10.7. The topological polar surface area (TPSA) is 52.0 Å². The number of rotatable bonds is 4. The van der Waals surface area contributed by atoms with E-state index < -0.39 is 0 Å². The molecule has 1 aliphatic rings. The molecule has 1 aromatic heterocycles. The summed E-state index contributed by atoms with van der Waals surface area (Å²) in [6.45, 7) is 4.12. The van der Waals surface area contributed by atoms with Crippen LogP contribution in [0.5, 0.6) is 0 Å². The van der Waals surface area contributed by atoms with Gasteiger partial charge in [-0.3, -0.25) is 14.2 Å². The Kier molecular flexibility index (Phi) is 4.43. The average molecular weight is 314 g/mol. The zero-order valence-corrected chi connectivity index (χ0v) is 13.1. The van der Waals surface area contributed by atoms with E-state index in [9.17, 15) is 9.59 Å². The highest BCUT2D eigenvalue weighted by atomic mass is 32.2. The number of nitrogens with zero attached hydrogens (tertiary/aromatic N) is 2. The molecule has 0 unspecified atom stereocenters. The molecule has 1 aliphatic carbocycles. The van der Waals surface area contributed by atoms with Crippen molar-refractivity contribution in [2.45, 2.75) is 42.6 Å². The molecule has 5 heteroatoms. The van der Waals surface area contributed by atoms with Crippen LogP contribution in [-0.4, -0.2) is 20.6 Å². The molecule has 3 rings (SSSR count). The molecule has 0 N–H and O–H groups in total. The molecule has 0 amide bonds. The predicted octanol–water partition coefficient (Wildman–Crippen LogP) is 3.19. The second-order valence-corrected chi connectivity index (χ2v) is 6.60. The summed E-state index contributed by atoms with van der Waals surface area (Å²) < 4.78 is 1.61. The van der Waals surface area contributed by atoms with Gasteiger partial charge >= 0.3 is 0 Å². The first-order valence-electron chi connectivity index (χ1n) is 7.50. The van der Waals surface area contributed by atoms with Crippen LogP contribution in [0.4, 0.5) is 0 Å². The number of hydrogen-bond donors (Lipinski definition) is 0. The average Bonchev–Trinajstić information content (AvgIpc) is 2.53.